The first-order valence-corrected chi connectivity index (χ1v) is 13.0. The second kappa shape index (κ2) is 9.53. The average Bonchev–Trinajstić information content (AvgIpc) is 3.64. The number of aryl methyl sites for hydroxylation is 1. The molecule has 40 heavy (non-hydrogen) atoms. The normalized spacial score (nSPS) is 13.0. The molecule has 0 unspecified atom stereocenters. The Kier molecular flexibility index (Phi) is 5.70. The minimum atomic E-state index is -0.524. The Morgan fingerprint density at radius 3 is 2.73 bits per heavy atom. The van der Waals surface area contributed by atoms with E-state index in [-0.39, 0.29) is 5.91 Å². The predicted octanol–water partition coefficient (Wildman–Crippen LogP) is 5.52. The number of aromatic amines is 1. The molecular weight excluding hydrogens is 505 g/mol. The van der Waals surface area contributed by atoms with Crippen molar-refractivity contribution in [1.82, 2.24) is 35.1 Å². The fourth-order valence-electron chi connectivity index (χ4n) is 5.21. The van der Waals surface area contributed by atoms with E-state index in [1.54, 1.807) is 16.8 Å². The third kappa shape index (κ3) is 4.21. The number of aromatic nitrogens is 6. The van der Waals surface area contributed by atoms with Crippen LogP contribution in [0.15, 0.2) is 85.2 Å². The molecule has 6 aromatic rings. The first kappa shape index (κ1) is 23.9. The molecule has 0 saturated carbocycles. The maximum atomic E-state index is 14.3. The topological polar surface area (TPSA) is 92.6 Å². The minimum Gasteiger partial charge on any atom is -0.334 e. The summed E-state index contributed by atoms with van der Waals surface area (Å²) >= 11 is 0. The van der Waals surface area contributed by atoms with E-state index in [4.69, 9.17) is 0 Å². The molecule has 3 aromatic heterocycles. The highest BCUT2D eigenvalue weighted by Crippen LogP contribution is 2.31. The number of H-pyrrole nitrogens is 1. The number of nitrogens with one attached hydrogen (secondary N) is 1. The van der Waals surface area contributed by atoms with Gasteiger partial charge in [-0.15, -0.1) is 5.10 Å². The van der Waals surface area contributed by atoms with Crippen LogP contribution in [-0.4, -0.2) is 47.5 Å². The second-order valence-electron chi connectivity index (χ2n) is 10.0. The van der Waals surface area contributed by atoms with Crippen LogP contribution in [0.4, 0.5) is 4.39 Å². The molecule has 0 saturated heterocycles. The van der Waals surface area contributed by atoms with E-state index < -0.39 is 5.95 Å². The van der Waals surface area contributed by atoms with Gasteiger partial charge in [-0.3, -0.25) is 9.89 Å². The van der Waals surface area contributed by atoms with Crippen LogP contribution >= 0.6 is 0 Å². The number of carbonyl (C=O) groups is 1. The van der Waals surface area contributed by atoms with E-state index in [0.717, 1.165) is 34.1 Å². The molecule has 7 rings (SSSR count). The summed E-state index contributed by atoms with van der Waals surface area (Å²) in [6.45, 7) is 3.23. The number of halogens is 1. The number of carbonyl (C=O) groups excluding carboxylic acids is 1. The molecule has 0 bridgehead atoms. The first-order chi connectivity index (χ1) is 19.5. The van der Waals surface area contributed by atoms with E-state index >= 15 is 0 Å². The number of rotatable bonds is 4. The van der Waals surface area contributed by atoms with Crippen molar-refractivity contribution in [2.45, 2.75) is 19.9 Å². The van der Waals surface area contributed by atoms with E-state index in [2.05, 4.69) is 37.6 Å². The summed E-state index contributed by atoms with van der Waals surface area (Å²) in [5.74, 6) is -0.487. The van der Waals surface area contributed by atoms with Crippen molar-refractivity contribution < 1.29 is 9.18 Å². The van der Waals surface area contributed by atoms with Crippen LogP contribution < -0.4 is 0 Å². The Hall–Kier alpha value is -5.18. The van der Waals surface area contributed by atoms with Crippen molar-refractivity contribution in [3.8, 4) is 28.2 Å². The Morgan fingerprint density at radius 2 is 1.88 bits per heavy atom. The maximum Gasteiger partial charge on any atom is 0.254 e. The van der Waals surface area contributed by atoms with Gasteiger partial charge >= 0.3 is 0 Å². The lowest BCUT2D eigenvalue weighted by molar-refractivity contribution is 0.0734. The first-order valence-electron chi connectivity index (χ1n) is 13.0. The van der Waals surface area contributed by atoms with Crippen molar-refractivity contribution in [1.29, 1.82) is 0 Å². The highest BCUT2D eigenvalue weighted by atomic mass is 19.1. The van der Waals surface area contributed by atoms with Gasteiger partial charge in [-0.2, -0.15) is 9.49 Å². The highest BCUT2D eigenvalue weighted by Gasteiger charge is 2.23. The smallest absolute Gasteiger partial charge is 0.254 e. The largest absolute Gasteiger partial charge is 0.334 e. The molecule has 1 amide bonds. The van der Waals surface area contributed by atoms with Crippen LogP contribution in [0, 0.1) is 12.9 Å². The summed E-state index contributed by atoms with van der Waals surface area (Å²) in [6.07, 6.45) is 4.06. The molecule has 0 fully saturated rings. The van der Waals surface area contributed by atoms with E-state index in [0.29, 0.717) is 41.2 Å². The summed E-state index contributed by atoms with van der Waals surface area (Å²) in [5, 5.41) is 17.1. The lowest BCUT2D eigenvalue weighted by Crippen LogP contribution is -2.36. The van der Waals surface area contributed by atoms with Gasteiger partial charge in [0.25, 0.3) is 5.91 Å². The van der Waals surface area contributed by atoms with Gasteiger partial charge in [-0.25, -0.2) is 9.67 Å². The van der Waals surface area contributed by atoms with Crippen LogP contribution in [0.5, 0.6) is 0 Å². The molecule has 8 nitrogen and oxygen atoms in total. The summed E-state index contributed by atoms with van der Waals surface area (Å²) in [5.41, 5.74) is 8.14. The van der Waals surface area contributed by atoms with Gasteiger partial charge in [-0.05, 0) is 78.6 Å². The van der Waals surface area contributed by atoms with Crippen molar-refractivity contribution >= 4 is 16.8 Å². The van der Waals surface area contributed by atoms with Crippen molar-refractivity contribution in [3.05, 3.63) is 113 Å². The zero-order valence-electron chi connectivity index (χ0n) is 21.7. The quantitative estimate of drug-likeness (QED) is 0.304. The van der Waals surface area contributed by atoms with Gasteiger partial charge in [0.1, 0.15) is 11.4 Å². The molecule has 4 heterocycles. The Morgan fingerprint density at radius 1 is 1.00 bits per heavy atom. The summed E-state index contributed by atoms with van der Waals surface area (Å²) < 4.78 is 16.0. The average molecular weight is 530 g/mol. The van der Waals surface area contributed by atoms with Gasteiger partial charge < -0.3 is 4.90 Å². The van der Waals surface area contributed by atoms with Gasteiger partial charge in [0, 0.05) is 35.8 Å². The van der Waals surface area contributed by atoms with Crippen LogP contribution in [0.2, 0.25) is 0 Å². The zero-order chi connectivity index (χ0) is 27.2. The Balaban J connectivity index is 1.17. The lowest BCUT2D eigenvalue weighted by Gasteiger charge is -2.29. The monoisotopic (exact) mass is 529 g/mol. The van der Waals surface area contributed by atoms with E-state index in [1.807, 2.05) is 66.6 Å². The molecule has 1 aliphatic heterocycles. The number of amides is 1. The lowest BCUT2D eigenvalue weighted by atomic mass is 9.98. The third-order valence-corrected chi connectivity index (χ3v) is 7.42. The number of hydrogen-bond donors (Lipinski definition) is 1. The Labute approximate surface area is 229 Å². The molecule has 196 valence electrons. The van der Waals surface area contributed by atoms with Crippen LogP contribution in [-0.2, 0) is 13.0 Å². The maximum absolute atomic E-state index is 14.3. The molecule has 0 atom stereocenters. The SMILES string of the molecule is Cc1ccc(C(=O)N2CCc3ccc(-n4cc(-c5n[nH]c6ccc(-c7cccnc7F)cc56)nn4)cc3C2)cc1. The molecule has 9 heteroatoms. The van der Waals surface area contributed by atoms with Gasteiger partial charge in [0.15, 0.2) is 0 Å². The number of hydrogen-bond acceptors (Lipinski definition) is 5. The summed E-state index contributed by atoms with van der Waals surface area (Å²) in [7, 11) is 0. The van der Waals surface area contributed by atoms with E-state index in [1.165, 1.54) is 11.8 Å². The zero-order valence-corrected chi connectivity index (χ0v) is 21.7. The Bertz CT molecular complexity index is 1890. The molecule has 1 N–H and O–H groups in total. The summed E-state index contributed by atoms with van der Waals surface area (Å²) in [4.78, 5) is 18.8. The number of pyridine rings is 1. The second-order valence-corrected chi connectivity index (χ2v) is 10.0. The molecule has 0 spiro atoms. The summed E-state index contributed by atoms with van der Waals surface area (Å²) in [6, 6.07) is 22.9. The third-order valence-electron chi connectivity index (χ3n) is 7.42. The number of benzene rings is 3. The van der Waals surface area contributed by atoms with Crippen LogP contribution in [0.1, 0.15) is 27.0 Å². The molecular formula is C31H24FN7O. The van der Waals surface area contributed by atoms with Crippen LogP contribution in [0.3, 0.4) is 0 Å². The number of fused-ring (bicyclic) bond motifs is 2. The fourth-order valence-corrected chi connectivity index (χ4v) is 5.21. The van der Waals surface area contributed by atoms with Crippen molar-refractivity contribution in [2.24, 2.45) is 0 Å². The van der Waals surface area contributed by atoms with Crippen molar-refractivity contribution in [2.75, 3.05) is 6.54 Å². The molecule has 3 aromatic carbocycles. The molecule has 1 aliphatic rings. The van der Waals surface area contributed by atoms with Gasteiger partial charge in [0.05, 0.1) is 17.4 Å². The predicted molar refractivity (Wildman–Crippen MR) is 149 cm³/mol. The highest BCUT2D eigenvalue weighted by molar-refractivity contribution is 5.95. The van der Waals surface area contributed by atoms with Gasteiger partial charge in [-0.1, -0.05) is 35.0 Å². The molecule has 0 aliphatic carbocycles. The van der Waals surface area contributed by atoms with Crippen molar-refractivity contribution in [3.63, 3.8) is 0 Å². The minimum absolute atomic E-state index is 0.0371. The standard InChI is InChI=1S/C31H24FN7O/c1-19-4-6-21(7-5-19)31(40)38-14-12-20-8-10-24(15-23(20)17-38)39-18-28(35-37-39)29-26-16-22(9-11-27(26)34-36-29)25-3-2-13-33-30(25)32/h2-11,13,15-16,18H,12,14,17H2,1H3,(H,34,36). The fraction of sp³-hybridized carbons (Fsp3) is 0.129. The van der Waals surface area contributed by atoms with Crippen LogP contribution in [0.25, 0.3) is 39.1 Å². The molecule has 0 radical (unpaired) electrons. The van der Waals surface area contributed by atoms with Gasteiger partial charge in [0.2, 0.25) is 5.95 Å². The van der Waals surface area contributed by atoms with E-state index in [9.17, 15) is 9.18 Å². The number of nitrogens with zero attached hydrogens (tertiary/aromatic N) is 6.